The van der Waals surface area contributed by atoms with Crippen LogP contribution in [0.15, 0.2) is 48.5 Å². The van der Waals surface area contributed by atoms with Gasteiger partial charge < -0.3 is 20.1 Å². The Bertz CT molecular complexity index is 819. The van der Waals surface area contributed by atoms with Crippen LogP contribution >= 0.6 is 11.6 Å². The summed E-state index contributed by atoms with van der Waals surface area (Å²) >= 11 is 5.85. The predicted octanol–water partition coefficient (Wildman–Crippen LogP) is 3.65. The molecule has 1 heterocycles. The molecule has 6 nitrogen and oxygen atoms in total. The number of nitrogens with one attached hydrogen (secondary N) is 2. The number of ether oxygens (including phenoxy) is 2. The Hall–Kier alpha value is -2.57. The average molecular weight is 403 g/mol. The lowest BCUT2D eigenvalue weighted by Gasteiger charge is -2.17. The lowest BCUT2D eigenvalue weighted by molar-refractivity contribution is -0.122. The Morgan fingerprint density at radius 3 is 2.68 bits per heavy atom. The van der Waals surface area contributed by atoms with Gasteiger partial charge in [0.1, 0.15) is 5.75 Å². The lowest BCUT2D eigenvalue weighted by Crippen LogP contribution is -2.34. The molecule has 0 radical (unpaired) electrons. The van der Waals surface area contributed by atoms with Crippen molar-refractivity contribution in [2.45, 2.75) is 32.0 Å². The van der Waals surface area contributed by atoms with Crippen LogP contribution in [-0.2, 0) is 9.53 Å². The van der Waals surface area contributed by atoms with E-state index in [0.717, 1.165) is 19.4 Å². The van der Waals surface area contributed by atoms with Gasteiger partial charge >= 0.3 is 0 Å². The fourth-order valence-corrected chi connectivity index (χ4v) is 3.03. The number of anilines is 1. The van der Waals surface area contributed by atoms with Crippen LogP contribution in [0.2, 0.25) is 5.02 Å². The number of carbonyl (C=O) groups excluding carboxylic acids is 2. The number of carbonyl (C=O) groups is 2. The summed E-state index contributed by atoms with van der Waals surface area (Å²) in [5.74, 6) is -0.0679. The van der Waals surface area contributed by atoms with Crippen molar-refractivity contribution in [2.75, 3.05) is 18.5 Å². The Kier molecular flexibility index (Phi) is 6.90. The van der Waals surface area contributed by atoms with Crippen LogP contribution in [0.5, 0.6) is 5.75 Å². The van der Waals surface area contributed by atoms with Gasteiger partial charge in [0.25, 0.3) is 11.8 Å². The highest BCUT2D eigenvalue weighted by molar-refractivity contribution is 6.30. The van der Waals surface area contributed by atoms with E-state index in [-0.39, 0.29) is 17.9 Å². The topological polar surface area (TPSA) is 76.7 Å². The summed E-state index contributed by atoms with van der Waals surface area (Å²) in [6.45, 7) is 2.83. The molecule has 2 atom stereocenters. The van der Waals surface area contributed by atoms with Crippen LogP contribution in [0.1, 0.15) is 30.1 Å². The van der Waals surface area contributed by atoms with Crippen molar-refractivity contribution >= 4 is 29.1 Å². The van der Waals surface area contributed by atoms with Crippen LogP contribution in [-0.4, -0.2) is 37.2 Å². The Labute approximate surface area is 169 Å². The van der Waals surface area contributed by atoms with E-state index in [2.05, 4.69) is 10.6 Å². The largest absolute Gasteiger partial charge is 0.481 e. The molecular formula is C21H23ClN2O4. The van der Waals surface area contributed by atoms with E-state index in [1.54, 1.807) is 55.5 Å². The maximum absolute atomic E-state index is 12.5. The second-order valence-corrected chi connectivity index (χ2v) is 7.03. The third kappa shape index (κ3) is 5.47. The maximum Gasteiger partial charge on any atom is 0.265 e. The second kappa shape index (κ2) is 9.57. The summed E-state index contributed by atoms with van der Waals surface area (Å²) in [6.07, 6.45) is 1.26. The number of halogens is 1. The van der Waals surface area contributed by atoms with Crippen LogP contribution in [0.3, 0.4) is 0 Å². The molecule has 2 N–H and O–H groups in total. The van der Waals surface area contributed by atoms with Gasteiger partial charge in [0.15, 0.2) is 6.10 Å². The summed E-state index contributed by atoms with van der Waals surface area (Å²) in [5.41, 5.74) is 0.830. The zero-order valence-corrected chi connectivity index (χ0v) is 16.4. The highest BCUT2D eigenvalue weighted by Gasteiger charge is 2.20. The normalized spacial score (nSPS) is 17.0. The molecule has 2 aromatic carbocycles. The van der Waals surface area contributed by atoms with E-state index in [4.69, 9.17) is 21.1 Å². The summed E-state index contributed by atoms with van der Waals surface area (Å²) in [7, 11) is 0. The van der Waals surface area contributed by atoms with Gasteiger partial charge in [-0.3, -0.25) is 9.59 Å². The highest BCUT2D eigenvalue weighted by atomic mass is 35.5. The zero-order chi connectivity index (χ0) is 19.9. The summed E-state index contributed by atoms with van der Waals surface area (Å²) < 4.78 is 11.2. The van der Waals surface area contributed by atoms with E-state index in [1.807, 2.05) is 0 Å². The van der Waals surface area contributed by atoms with Crippen LogP contribution in [0, 0.1) is 0 Å². The molecular weight excluding hydrogens is 380 g/mol. The van der Waals surface area contributed by atoms with E-state index in [0.29, 0.717) is 28.6 Å². The van der Waals surface area contributed by atoms with E-state index >= 15 is 0 Å². The molecule has 0 bridgehead atoms. The molecule has 0 saturated carbocycles. The van der Waals surface area contributed by atoms with Crippen LogP contribution in [0.4, 0.5) is 5.69 Å². The molecule has 28 heavy (non-hydrogen) atoms. The van der Waals surface area contributed by atoms with Gasteiger partial charge in [-0.2, -0.15) is 0 Å². The van der Waals surface area contributed by atoms with Crippen molar-refractivity contribution in [1.29, 1.82) is 0 Å². The molecule has 2 amide bonds. The third-order valence-electron chi connectivity index (χ3n) is 4.44. The van der Waals surface area contributed by atoms with Gasteiger partial charge in [-0.1, -0.05) is 23.7 Å². The van der Waals surface area contributed by atoms with Crippen molar-refractivity contribution in [3.8, 4) is 5.75 Å². The van der Waals surface area contributed by atoms with Gasteiger partial charge in [-0.25, -0.2) is 0 Å². The molecule has 0 unspecified atom stereocenters. The van der Waals surface area contributed by atoms with Gasteiger partial charge in [-0.15, -0.1) is 0 Å². The Morgan fingerprint density at radius 1 is 1.21 bits per heavy atom. The Balaban J connectivity index is 1.60. The molecule has 0 aliphatic carbocycles. The van der Waals surface area contributed by atoms with Crippen molar-refractivity contribution in [3.63, 3.8) is 0 Å². The first-order chi connectivity index (χ1) is 13.5. The van der Waals surface area contributed by atoms with Gasteiger partial charge in [0.05, 0.1) is 17.4 Å². The first kappa shape index (κ1) is 20.2. The van der Waals surface area contributed by atoms with E-state index in [9.17, 15) is 9.59 Å². The van der Waals surface area contributed by atoms with Crippen LogP contribution < -0.4 is 15.4 Å². The molecule has 148 valence electrons. The number of rotatable bonds is 7. The molecule has 1 fully saturated rings. The second-order valence-electron chi connectivity index (χ2n) is 6.59. The SMILES string of the molecule is C[C@@H](Oc1ccc(Cl)cc1)C(=O)Nc1ccccc1C(=O)NC[C@@H]1CCCO1. The van der Waals surface area contributed by atoms with Gasteiger partial charge in [0, 0.05) is 18.2 Å². The first-order valence-corrected chi connectivity index (χ1v) is 9.62. The van der Waals surface area contributed by atoms with Crippen molar-refractivity contribution in [2.24, 2.45) is 0 Å². The molecule has 1 aliphatic heterocycles. The minimum Gasteiger partial charge on any atom is -0.481 e. The van der Waals surface area contributed by atoms with Crippen molar-refractivity contribution < 1.29 is 19.1 Å². The van der Waals surface area contributed by atoms with E-state index < -0.39 is 6.10 Å². The number of hydrogen-bond donors (Lipinski definition) is 2. The van der Waals surface area contributed by atoms with Crippen molar-refractivity contribution in [3.05, 3.63) is 59.1 Å². The van der Waals surface area contributed by atoms with Crippen LogP contribution in [0.25, 0.3) is 0 Å². The number of para-hydroxylation sites is 1. The number of benzene rings is 2. The highest BCUT2D eigenvalue weighted by Crippen LogP contribution is 2.19. The number of amides is 2. The van der Waals surface area contributed by atoms with Gasteiger partial charge in [-0.05, 0) is 56.2 Å². The molecule has 7 heteroatoms. The monoisotopic (exact) mass is 402 g/mol. The zero-order valence-electron chi connectivity index (χ0n) is 15.6. The summed E-state index contributed by atoms with van der Waals surface area (Å²) in [4.78, 5) is 25.0. The summed E-state index contributed by atoms with van der Waals surface area (Å²) in [6, 6.07) is 13.6. The van der Waals surface area contributed by atoms with Gasteiger partial charge in [0.2, 0.25) is 0 Å². The average Bonchev–Trinajstić information content (AvgIpc) is 3.22. The standard InChI is InChI=1S/C21H23ClN2O4/c1-14(28-16-10-8-15(22)9-11-16)20(25)24-19-7-3-2-6-18(19)21(26)23-13-17-5-4-12-27-17/h2-3,6-11,14,17H,4-5,12-13H2,1H3,(H,23,26)(H,24,25)/t14-,17+/m1/s1. The number of hydrogen-bond acceptors (Lipinski definition) is 4. The van der Waals surface area contributed by atoms with Crippen molar-refractivity contribution in [1.82, 2.24) is 5.32 Å². The molecule has 0 aromatic heterocycles. The third-order valence-corrected chi connectivity index (χ3v) is 4.69. The Morgan fingerprint density at radius 2 is 1.96 bits per heavy atom. The first-order valence-electron chi connectivity index (χ1n) is 9.25. The molecule has 2 aromatic rings. The molecule has 1 saturated heterocycles. The maximum atomic E-state index is 12.5. The fourth-order valence-electron chi connectivity index (χ4n) is 2.90. The van der Waals surface area contributed by atoms with E-state index in [1.165, 1.54) is 0 Å². The minimum absolute atomic E-state index is 0.0542. The molecule has 0 spiro atoms. The lowest BCUT2D eigenvalue weighted by atomic mass is 10.1. The minimum atomic E-state index is -0.746. The molecule has 1 aliphatic rings. The predicted molar refractivity (Wildman–Crippen MR) is 108 cm³/mol. The quantitative estimate of drug-likeness (QED) is 0.741. The molecule has 3 rings (SSSR count). The smallest absolute Gasteiger partial charge is 0.265 e. The summed E-state index contributed by atoms with van der Waals surface area (Å²) in [5, 5.41) is 6.23. The fraction of sp³-hybridized carbons (Fsp3) is 0.333.